The Balaban J connectivity index is 1.84. The summed E-state index contributed by atoms with van der Waals surface area (Å²) in [6.07, 6.45) is 1.76. The van der Waals surface area contributed by atoms with Crippen molar-refractivity contribution >= 4 is 29.1 Å². The van der Waals surface area contributed by atoms with Crippen LogP contribution < -0.4 is 0 Å². The van der Waals surface area contributed by atoms with Gasteiger partial charge in [-0.3, -0.25) is 4.79 Å². The number of carbonyl (C=O) groups is 1. The van der Waals surface area contributed by atoms with Crippen molar-refractivity contribution in [3.8, 4) is 0 Å². The van der Waals surface area contributed by atoms with Gasteiger partial charge in [0.15, 0.2) is 5.78 Å². The van der Waals surface area contributed by atoms with Crippen LogP contribution in [0.4, 0.5) is 0 Å². The second kappa shape index (κ2) is 6.97. The zero-order valence-corrected chi connectivity index (χ0v) is 13.8. The van der Waals surface area contributed by atoms with Gasteiger partial charge >= 0.3 is 0 Å². The van der Waals surface area contributed by atoms with E-state index in [-0.39, 0.29) is 5.78 Å². The number of hydrogen-bond donors (Lipinski definition) is 0. The Morgan fingerprint density at radius 3 is 2.95 bits per heavy atom. The molecule has 1 aliphatic rings. The minimum Gasteiger partial charge on any atom is -0.302 e. The van der Waals surface area contributed by atoms with Crippen molar-refractivity contribution in [3.05, 3.63) is 34.9 Å². The second-order valence-electron chi connectivity index (χ2n) is 5.88. The molecule has 0 aromatic heterocycles. The van der Waals surface area contributed by atoms with E-state index in [1.54, 1.807) is 12.1 Å². The Hall–Kier alpha value is -0.510. The van der Waals surface area contributed by atoms with Crippen LogP contribution in [-0.2, 0) is 0 Å². The number of benzene rings is 1. The van der Waals surface area contributed by atoms with E-state index in [9.17, 15) is 4.79 Å². The highest BCUT2D eigenvalue weighted by Gasteiger charge is 2.23. The maximum absolute atomic E-state index is 12.2. The van der Waals surface area contributed by atoms with E-state index in [2.05, 4.69) is 18.7 Å². The first-order valence-corrected chi connectivity index (χ1v) is 8.48. The number of thioether (sulfide) groups is 1. The summed E-state index contributed by atoms with van der Waals surface area (Å²) in [5.74, 6) is 1.34. The van der Waals surface area contributed by atoms with Crippen molar-refractivity contribution in [2.75, 3.05) is 25.4 Å². The summed E-state index contributed by atoms with van der Waals surface area (Å²) in [6.45, 7) is 7.62. The van der Waals surface area contributed by atoms with Crippen molar-refractivity contribution in [1.82, 2.24) is 4.90 Å². The van der Waals surface area contributed by atoms with Crippen LogP contribution in [0.5, 0.6) is 0 Å². The lowest BCUT2D eigenvalue weighted by molar-refractivity contribution is 0.0965. The maximum atomic E-state index is 12.2. The predicted octanol–water partition coefficient (Wildman–Crippen LogP) is 4.13. The zero-order valence-electron chi connectivity index (χ0n) is 12.2. The normalized spacial score (nSPS) is 19.6. The molecule has 20 heavy (non-hydrogen) atoms. The van der Waals surface area contributed by atoms with Crippen molar-refractivity contribution in [1.29, 1.82) is 0 Å². The first-order chi connectivity index (χ1) is 9.46. The minimum atomic E-state index is 0.184. The number of rotatable bonds is 4. The molecule has 0 spiro atoms. The summed E-state index contributed by atoms with van der Waals surface area (Å²) < 4.78 is 0.367. The molecule has 1 aliphatic heterocycles. The van der Waals surface area contributed by atoms with Gasteiger partial charge in [-0.1, -0.05) is 37.6 Å². The molecule has 1 fully saturated rings. The highest BCUT2D eigenvalue weighted by atomic mass is 35.5. The van der Waals surface area contributed by atoms with Gasteiger partial charge in [-0.15, -0.1) is 0 Å². The van der Waals surface area contributed by atoms with Gasteiger partial charge in [0, 0.05) is 40.6 Å². The molecule has 0 N–H and O–H groups in total. The van der Waals surface area contributed by atoms with Crippen molar-refractivity contribution < 1.29 is 4.79 Å². The minimum absolute atomic E-state index is 0.184. The van der Waals surface area contributed by atoms with Gasteiger partial charge in [0.1, 0.15) is 0 Å². The number of nitrogens with zero attached hydrogens (tertiary/aromatic N) is 1. The average molecular weight is 312 g/mol. The van der Waals surface area contributed by atoms with Crippen molar-refractivity contribution in [2.24, 2.45) is 0 Å². The van der Waals surface area contributed by atoms with Crippen LogP contribution in [0, 0.1) is 0 Å². The van der Waals surface area contributed by atoms with E-state index >= 15 is 0 Å². The number of hydrogen-bond acceptors (Lipinski definition) is 3. The summed E-state index contributed by atoms with van der Waals surface area (Å²) in [6, 6.07) is 7.23. The molecule has 4 heteroatoms. The average Bonchev–Trinajstić information content (AvgIpc) is 2.57. The van der Waals surface area contributed by atoms with E-state index in [0.29, 0.717) is 16.2 Å². The summed E-state index contributed by atoms with van der Waals surface area (Å²) >= 11 is 7.96. The van der Waals surface area contributed by atoms with Crippen LogP contribution in [0.25, 0.3) is 0 Å². The summed E-state index contributed by atoms with van der Waals surface area (Å²) in [5.41, 5.74) is 0.724. The van der Waals surface area contributed by atoms with Crippen molar-refractivity contribution in [2.45, 2.75) is 31.4 Å². The third kappa shape index (κ3) is 4.80. The van der Waals surface area contributed by atoms with Gasteiger partial charge in [-0.2, -0.15) is 11.8 Å². The number of Topliss-reactive ketones (excluding diaryl/α,β-unsaturated/α-hetero) is 1. The van der Waals surface area contributed by atoms with Gasteiger partial charge in [0.05, 0.1) is 0 Å². The monoisotopic (exact) mass is 311 g/mol. The van der Waals surface area contributed by atoms with Crippen LogP contribution in [0.2, 0.25) is 5.02 Å². The Bertz CT molecular complexity index is 475. The first-order valence-electron chi connectivity index (χ1n) is 7.11. The third-order valence-corrected chi connectivity index (χ3v) is 5.34. The van der Waals surface area contributed by atoms with Crippen LogP contribution in [0.15, 0.2) is 24.3 Å². The standard InChI is InChI=1S/C16H22ClNOS/c1-16(2)7-9-18(10-11-20-16)8-6-15(19)13-4-3-5-14(17)12-13/h3-5,12H,6-11H2,1-2H3. The van der Waals surface area contributed by atoms with E-state index in [4.69, 9.17) is 11.6 Å². The lowest BCUT2D eigenvalue weighted by atomic mass is 10.1. The Labute approximate surface area is 130 Å². The summed E-state index contributed by atoms with van der Waals surface area (Å²) in [5, 5.41) is 0.628. The van der Waals surface area contributed by atoms with Gasteiger partial charge in [0.2, 0.25) is 0 Å². The quantitative estimate of drug-likeness (QED) is 0.780. The molecule has 0 amide bonds. The molecule has 110 valence electrons. The molecule has 0 saturated carbocycles. The van der Waals surface area contributed by atoms with Crippen molar-refractivity contribution in [3.63, 3.8) is 0 Å². The number of ketones is 1. The lowest BCUT2D eigenvalue weighted by Crippen LogP contribution is -2.29. The molecule has 0 radical (unpaired) electrons. The molecule has 1 aromatic carbocycles. The van der Waals surface area contributed by atoms with Gasteiger partial charge in [0.25, 0.3) is 0 Å². The molecule has 2 rings (SSSR count). The fraction of sp³-hybridized carbons (Fsp3) is 0.562. The van der Waals surface area contributed by atoms with Gasteiger partial charge < -0.3 is 4.90 Å². The van der Waals surface area contributed by atoms with Crippen LogP contribution in [0.1, 0.15) is 37.0 Å². The second-order valence-corrected chi connectivity index (χ2v) is 8.12. The van der Waals surface area contributed by atoms with Gasteiger partial charge in [-0.25, -0.2) is 0 Å². The van der Waals surface area contributed by atoms with Gasteiger partial charge in [-0.05, 0) is 25.1 Å². The molecule has 1 heterocycles. The Morgan fingerprint density at radius 2 is 2.20 bits per heavy atom. The fourth-order valence-corrected chi connectivity index (χ4v) is 3.68. The summed E-state index contributed by atoms with van der Waals surface area (Å²) in [7, 11) is 0. The molecule has 0 aliphatic carbocycles. The van der Waals surface area contributed by atoms with Crippen LogP contribution >= 0.6 is 23.4 Å². The lowest BCUT2D eigenvalue weighted by Gasteiger charge is -2.22. The molecule has 1 aromatic rings. The highest BCUT2D eigenvalue weighted by Crippen LogP contribution is 2.30. The molecule has 2 nitrogen and oxygen atoms in total. The molecular formula is C16H22ClNOS. The Morgan fingerprint density at radius 1 is 1.40 bits per heavy atom. The molecule has 0 atom stereocenters. The number of halogens is 1. The SMILES string of the molecule is CC1(C)CCN(CCC(=O)c2cccc(Cl)c2)CCS1. The topological polar surface area (TPSA) is 20.3 Å². The molecule has 0 bridgehead atoms. The summed E-state index contributed by atoms with van der Waals surface area (Å²) in [4.78, 5) is 14.6. The highest BCUT2D eigenvalue weighted by molar-refractivity contribution is 8.00. The fourth-order valence-electron chi connectivity index (χ4n) is 2.35. The van der Waals surface area contributed by atoms with E-state index in [1.165, 1.54) is 6.42 Å². The molecular weight excluding hydrogens is 290 g/mol. The smallest absolute Gasteiger partial charge is 0.164 e. The predicted molar refractivity (Wildman–Crippen MR) is 88.0 cm³/mol. The largest absolute Gasteiger partial charge is 0.302 e. The maximum Gasteiger partial charge on any atom is 0.164 e. The first kappa shape index (κ1) is 15.9. The molecule has 0 unspecified atom stereocenters. The van der Waals surface area contributed by atoms with E-state index in [0.717, 1.165) is 31.0 Å². The van der Waals surface area contributed by atoms with E-state index in [1.807, 2.05) is 23.9 Å². The third-order valence-electron chi connectivity index (χ3n) is 3.73. The van der Waals surface area contributed by atoms with Crippen LogP contribution in [0.3, 0.4) is 0 Å². The number of carbonyl (C=O) groups excluding carboxylic acids is 1. The Kier molecular flexibility index (Phi) is 5.53. The van der Waals surface area contributed by atoms with Crippen LogP contribution in [-0.4, -0.2) is 40.8 Å². The molecule has 1 saturated heterocycles. The van der Waals surface area contributed by atoms with E-state index < -0.39 is 0 Å². The zero-order chi connectivity index (χ0) is 14.6.